The normalized spacial score (nSPS) is 19.8. The molecule has 0 bridgehead atoms. The zero-order valence-electron chi connectivity index (χ0n) is 16.7. The highest BCUT2D eigenvalue weighted by Gasteiger charge is 2.43. The Bertz CT molecular complexity index is 901. The van der Waals surface area contributed by atoms with Gasteiger partial charge in [-0.1, -0.05) is 49.1 Å². The number of benzene rings is 2. The van der Waals surface area contributed by atoms with E-state index >= 15 is 0 Å². The molecule has 1 heterocycles. The first-order valence-corrected chi connectivity index (χ1v) is 10.7. The van der Waals surface area contributed by atoms with Gasteiger partial charge < -0.3 is 18.9 Å². The fourth-order valence-electron chi connectivity index (χ4n) is 2.91. The van der Waals surface area contributed by atoms with E-state index in [-0.39, 0.29) is 13.2 Å². The van der Waals surface area contributed by atoms with Crippen LogP contribution in [-0.2, 0) is 18.9 Å². The van der Waals surface area contributed by atoms with E-state index in [1.165, 1.54) is 17.8 Å². The number of esters is 2. The first kappa shape index (κ1) is 22.4. The highest BCUT2D eigenvalue weighted by atomic mass is 32.2. The van der Waals surface area contributed by atoms with Gasteiger partial charge in [0.1, 0.15) is 13.2 Å². The first-order chi connectivity index (χ1) is 15.1. The Morgan fingerprint density at radius 1 is 0.903 bits per heavy atom. The van der Waals surface area contributed by atoms with Gasteiger partial charge in [-0.25, -0.2) is 14.4 Å². The lowest BCUT2D eigenvalue weighted by Crippen LogP contribution is -2.40. The smallest absolute Gasteiger partial charge is 0.461 e. The minimum atomic E-state index is -0.881. The highest BCUT2D eigenvalue weighted by molar-refractivity contribution is 8.00. The van der Waals surface area contributed by atoms with Gasteiger partial charge >= 0.3 is 18.1 Å². The van der Waals surface area contributed by atoms with Gasteiger partial charge in [-0.3, -0.25) is 0 Å². The van der Waals surface area contributed by atoms with Gasteiger partial charge in [-0.2, -0.15) is 0 Å². The van der Waals surface area contributed by atoms with Crippen LogP contribution in [0, 0.1) is 0 Å². The fraction of sp³-hybridized carbons (Fsp3) is 0.261. The summed E-state index contributed by atoms with van der Waals surface area (Å²) in [5.74, 6) is -0.673. The zero-order chi connectivity index (χ0) is 22.1. The van der Waals surface area contributed by atoms with Crippen LogP contribution in [-0.4, -0.2) is 54.5 Å². The molecule has 2 aromatic rings. The molecule has 0 radical (unpaired) electrons. The summed E-state index contributed by atoms with van der Waals surface area (Å²) in [7, 11) is 0. The van der Waals surface area contributed by atoms with Gasteiger partial charge in [0.25, 0.3) is 0 Å². The minimum absolute atomic E-state index is 0.00524. The van der Waals surface area contributed by atoms with E-state index in [0.29, 0.717) is 16.9 Å². The number of thioether (sulfide) groups is 1. The summed E-state index contributed by atoms with van der Waals surface area (Å²) in [4.78, 5) is 36.7. The van der Waals surface area contributed by atoms with Crippen LogP contribution in [0.3, 0.4) is 0 Å². The first-order valence-electron chi connectivity index (χ1n) is 9.62. The Morgan fingerprint density at radius 3 is 2.13 bits per heavy atom. The average Bonchev–Trinajstić information content (AvgIpc) is 3.18. The van der Waals surface area contributed by atoms with Crippen LogP contribution >= 0.6 is 11.8 Å². The molecule has 0 spiro atoms. The third kappa shape index (κ3) is 6.36. The molecule has 0 saturated carbocycles. The van der Waals surface area contributed by atoms with Gasteiger partial charge in [0.05, 0.1) is 16.4 Å². The molecule has 0 aromatic heterocycles. The molecule has 7 nitrogen and oxygen atoms in total. The molecule has 1 aliphatic heterocycles. The molecular formula is C23H22O7S. The SMILES string of the molecule is C=CCOC(=O)O[C@@H]1CS[C@@H](COC(=O)c2ccccc2)[C@@H]1OC(=O)c1ccccc1. The van der Waals surface area contributed by atoms with Crippen molar-refractivity contribution < 1.29 is 33.3 Å². The summed E-state index contributed by atoms with van der Waals surface area (Å²) >= 11 is 1.39. The molecule has 2 aromatic carbocycles. The van der Waals surface area contributed by atoms with Crippen molar-refractivity contribution in [2.45, 2.75) is 17.5 Å². The molecule has 31 heavy (non-hydrogen) atoms. The maximum atomic E-state index is 12.6. The van der Waals surface area contributed by atoms with E-state index in [2.05, 4.69) is 6.58 Å². The largest absolute Gasteiger partial charge is 0.509 e. The van der Waals surface area contributed by atoms with E-state index < -0.39 is 35.6 Å². The molecule has 0 unspecified atom stereocenters. The van der Waals surface area contributed by atoms with Gasteiger partial charge in [-0.15, -0.1) is 11.8 Å². The molecule has 1 aliphatic rings. The second-order valence-corrected chi connectivity index (χ2v) is 7.85. The van der Waals surface area contributed by atoms with Crippen LogP contribution in [0.25, 0.3) is 0 Å². The van der Waals surface area contributed by atoms with Crippen LogP contribution < -0.4 is 0 Å². The number of ether oxygens (including phenoxy) is 4. The van der Waals surface area contributed by atoms with E-state index in [0.717, 1.165) is 0 Å². The van der Waals surface area contributed by atoms with Crippen LogP contribution in [0.15, 0.2) is 73.3 Å². The summed E-state index contributed by atoms with van der Waals surface area (Å²) in [5, 5.41) is -0.405. The van der Waals surface area contributed by atoms with Crippen molar-refractivity contribution in [3.63, 3.8) is 0 Å². The Kier molecular flexibility index (Phi) is 8.12. The molecule has 1 saturated heterocycles. The van der Waals surface area contributed by atoms with E-state index in [1.807, 2.05) is 0 Å². The van der Waals surface area contributed by atoms with E-state index in [1.54, 1.807) is 60.7 Å². The van der Waals surface area contributed by atoms with Crippen molar-refractivity contribution in [1.29, 1.82) is 0 Å². The van der Waals surface area contributed by atoms with Crippen molar-refractivity contribution >= 4 is 29.9 Å². The fourth-order valence-corrected chi connectivity index (χ4v) is 4.19. The summed E-state index contributed by atoms with van der Waals surface area (Å²) in [6.45, 7) is 3.47. The van der Waals surface area contributed by atoms with Gasteiger partial charge in [-0.05, 0) is 24.3 Å². The third-order valence-electron chi connectivity index (χ3n) is 4.41. The van der Waals surface area contributed by atoms with Crippen molar-refractivity contribution in [2.75, 3.05) is 19.0 Å². The second kappa shape index (κ2) is 11.2. The van der Waals surface area contributed by atoms with Crippen LogP contribution in [0.4, 0.5) is 4.79 Å². The number of carbonyl (C=O) groups is 3. The Hall–Kier alpha value is -3.26. The Morgan fingerprint density at radius 2 is 1.52 bits per heavy atom. The number of carbonyl (C=O) groups excluding carboxylic acids is 3. The summed E-state index contributed by atoms with van der Waals surface area (Å²) in [5.41, 5.74) is 0.788. The lowest BCUT2D eigenvalue weighted by molar-refractivity contribution is -0.0366. The quantitative estimate of drug-likeness (QED) is 0.346. The minimum Gasteiger partial charge on any atom is -0.461 e. The lowest BCUT2D eigenvalue weighted by atomic mass is 10.1. The monoisotopic (exact) mass is 442 g/mol. The van der Waals surface area contributed by atoms with Crippen molar-refractivity contribution in [3.05, 3.63) is 84.4 Å². The van der Waals surface area contributed by atoms with Crippen LogP contribution in [0.1, 0.15) is 20.7 Å². The number of hydrogen-bond donors (Lipinski definition) is 0. The highest BCUT2D eigenvalue weighted by Crippen LogP contribution is 2.33. The summed E-state index contributed by atoms with van der Waals surface area (Å²) < 4.78 is 21.3. The van der Waals surface area contributed by atoms with E-state index in [9.17, 15) is 14.4 Å². The van der Waals surface area contributed by atoms with Gasteiger partial charge in [0.2, 0.25) is 0 Å². The average molecular weight is 442 g/mol. The maximum absolute atomic E-state index is 12.6. The predicted octanol–water partition coefficient (Wildman–Crippen LogP) is 3.89. The van der Waals surface area contributed by atoms with Crippen molar-refractivity contribution in [2.24, 2.45) is 0 Å². The molecule has 0 amide bonds. The van der Waals surface area contributed by atoms with Crippen LogP contribution in [0.5, 0.6) is 0 Å². The summed E-state index contributed by atoms with van der Waals surface area (Å²) in [6, 6.07) is 17.1. The van der Waals surface area contributed by atoms with Crippen molar-refractivity contribution in [3.8, 4) is 0 Å². The van der Waals surface area contributed by atoms with Crippen molar-refractivity contribution in [1.82, 2.24) is 0 Å². The van der Waals surface area contributed by atoms with Gasteiger partial charge in [0, 0.05) is 5.75 Å². The number of hydrogen-bond acceptors (Lipinski definition) is 8. The molecule has 1 fully saturated rings. The van der Waals surface area contributed by atoms with Crippen LogP contribution in [0.2, 0.25) is 0 Å². The second-order valence-electron chi connectivity index (χ2n) is 6.58. The van der Waals surface area contributed by atoms with Gasteiger partial charge in [0.15, 0.2) is 12.2 Å². The lowest BCUT2D eigenvalue weighted by Gasteiger charge is -2.23. The molecule has 3 rings (SSSR count). The Balaban J connectivity index is 1.67. The number of rotatable bonds is 8. The standard InChI is InChI=1S/C23H22O7S/c1-2-13-27-23(26)29-18-15-31-19(14-28-21(24)16-9-5-3-6-10-16)20(18)30-22(25)17-11-7-4-8-12-17/h2-12,18-20H,1,13-15H2/t18-,19+,20-/m1/s1. The maximum Gasteiger partial charge on any atom is 0.509 e. The summed E-state index contributed by atoms with van der Waals surface area (Å²) in [6.07, 6.45) is -1.01. The molecule has 8 heteroatoms. The zero-order valence-corrected chi connectivity index (χ0v) is 17.5. The molecule has 0 N–H and O–H groups in total. The third-order valence-corrected chi connectivity index (χ3v) is 5.77. The topological polar surface area (TPSA) is 88.1 Å². The molecule has 162 valence electrons. The Labute approximate surface area is 184 Å². The predicted molar refractivity (Wildman–Crippen MR) is 115 cm³/mol. The van der Waals surface area contributed by atoms with E-state index in [4.69, 9.17) is 18.9 Å². The molecular weight excluding hydrogens is 420 g/mol. The molecule has 0 aliphatic carbocycles. The molecule has 3 atom stereocenters.